The Bertz CT molecular complexity index is 690. The molecule has 5 heteroatoms. The highest BCUT2D eigenvalue weighted by Gasteiger charge is 2.21. The average Bonchev–Trinajstić information content (AvgIpc) is 3.11. The molecule has 102 valence electrons. The van der Waals surface area contributed by atoms with E-state index in [0.717, 1.165) is 21.6 Å². The number of nitrogens with one attached hydrogen (secondary N) is 1. The van der Waals surface area contributed by atoms with Crippen LogP contribution >= 0.6 is 15.9 Å². The van der Waals surface area contributed by atoms with Crippen LogP contribution in [0.2, 0.25) is 0 Å². The van der Waals surface area contributed by atoms with Crippen molar-refractivity contribution in [3.8, 4) is 5.69 Å². The molecule has 1 unspecified atom stereocenters. The minimum Gasteiger partial charge on any atom is -0.457 e. The largest absolute Gasteiger partial charge is 0.457 e. The molecule has 3 aromatic rings. The molecule has 20 heavy (non-hydrogen) atoms. The van der Waals surface area contributed by atoms with Gasteiger partial charge in [-0.3, -0.25) is 0 Å². The highest BCUT2D eigenvalue weighted by atomic mass is 79.9. The predicted octanol–water partition coefficient (Wildman–Crippen LogP) is 3.54. The molecule has 3 rings (SSSR count). The number of nitrogens with zero attached hydrogens (tertiary/aromatic N) is 2. The van der Waals surface area contributed by atoms with Crippen molar-refractivity contribution in [1.29, 1.82) is 0 Å². The maximum atomic E-state index is 5.34. The smallest absolute Gasteiger partial charge is 0.174 e. The molecule has 1 N–H and O–H groups in total. The van der Waals surface area contributed by atoms with Crippen molar-refractivity contribution in [3.63, 3.8) is 0 Å². The monoisotopic (exact) mass is 331 g/mol. The molecule has 0 fully saturated rings. The van der Waals surface area contributed by atoms with Gasteiger partial charge in [-0.25, -0.2) is 4.68 Å². The van der Waals surface area contributed by atoms with Gasteiger partial charge < -0.3 is 9.73 Å². The molecule has 0 aliphatic heterocycles. The van der Waals surface area contributed by atoms with Gasteiger partial charge in [0.2, 0.25) is 0 Å². The van der Waals surface area contributed by atoms with Gasteiger partial charge in [-0.15, -0.1) is 0 Å². The van der Waals surface area contributed by atoms with Crippen LogP contribution in [0.25, 0.3) is 5.69 Å². The molecule has 0 aliphatic carbocycles. The highest BCUT2D eigenvalue weighted by molar-refractivity contribution is 9.10. The summed E-state index contributed by atoms with van der Waals surface area (Å²) < 4.78 is 8.00. The first-order valence-electron chi connectivity index (χ1n) is 6.30. The fourth-order valence-corrected chi connectivity index (χ4v) is 2.76. The second-order valence-electron chi connectivity index (χ2n) is 4.37. The summed E-state index contributed by atoms with van der Waals surface area (Å²) in [4.78, 5) is 0. The third-order valence-corrected chi connectivity index (χ3v) is 3.86. The van der Waals surface area contributed by atoms with E-state index < -0.39 is 0 Å². The summed E-state index contributed by atoms with van der Waals surface area (Å²) in [5.74, 6) is 0. The number of hydrogen-bond acceptors (Lipinski definition) is 3. The average molecular weight is 332 g/mol. The van der Waals surface area contributed by atoms with E-state index in [0.29, 0.717) is 0 Å². The van der Waals surface area contributed by atoms with Gasteiger partial charge in [0.25, 0.3) is 0 Å². The van der Waals surface area contributed by atoms with Crippen LogP contribution < -0.4 is 5.32 Å². The predicted molar refractivity (Wildman–Crippen MR) is 80.9 cm³/mol. The van der Waals surface area contributed by atoms with Gasteiger partial charge in [0.1, 0.15) is 0 Å². The van der Waals surface area contributed by atoms with E-state index in [1.807, 2.05) is 54.2 Å². The first-order valence-corrected chi connectivity index (χ1v) is 7.10. The van der Waals surface area contributed by atoms with Crippen LogP contribution in [-0.2, 0) is 0 Å². The first-order chi connectivity index (χ1) is 9.81. The van der Waals surface area contributed by atoms with Crippen LogP contribution in [0.4, 0.5) is 0 Å². The maximum Gasteiger partial charge on any atom is 0.174 e. The summed E-state index contributed by atoms with van der Waals surface area (Å²) in [7, 11) is 1.92. The number of furan rings is 1. The number of benzene rings is 1. The van der Waals surface area contributed by atoms with Gasteiger partial charge in [-0.2, -0.15) is 5.10 Å². The molecule has 0 saturated carbocycles. The highest BCUT2D eigenvalue weighted by Crippen LogP contribution is 2.30. The quantitative estimate of drug-likeness (QED) is 0.795. The second kappa shape index (κ2) is 5.64. The molecular weight excluding hydrogens is 318 g/mol. The molecule has 0 bridgehead atoms. The molecule has 0 saturated heterocycles. The maximum absolute atomic E-state index is 5.34. The zero-order valence-electron chi connectivity index (χ0n) is 11.0. The van der Waals surface area contributed by atoms with Crippen LogP contribution in [0.5, 0.6) is 0 Å². The standard InChI is InChI=1S/C15H14BrN3O/c1-17-14(12-8-10-20-15(12)16)13-7-9-18-19(13)11-5-3-2-4-6-11/h2-10,14,17H,1H3. The van der Waals surface area contributed by atoms with Crippen molar-refractivity contribution in [3.05, 3.63) is 70.9 Å². The Morgan fingerprint density at radius 2 is 2.00 bits per heavy atom. The van der Waals surface area contributed by atoms with Crippen LogP contribution in [0.1, 0.15) is 17.3 Å². The Hall–Kier alpha value is -1.85. The van der Waals surface area contributed by atoms with Crippen molar-refractivity contribution < 1.29 is 4.42 Å². The van der Waals surface area contributed by atoms with E-state index in [1.54, 1.807) is 12.5 Å². The molecule has 4 nitrogen and oxygen atoms in total. The van der Waals surface area contributed by atoms with E-state index in [-0.39, 0.29) is 6.04 Å². The first kappa shape index (κ1) is 13.1. The van der Waals surface area contributed by atoms with Crippen LogP contribution in [0.3, 0.4) is 0 Å². The Kier molecular flexibility index (Phi) is 3.71. The summed E-state index contributed by atoms with van der Waals surface area (Å²) >= 11 is 3.44. The minimum absolute atomic E-state index is 0.00540. The molecule has 1 atom stereocenters. The number of hydrogen-bond donors (Lipinski definition) is 1. The lowest BCUT2D eigenvalue weighted by atomic mass is 10.1. The zero-order chi connectivity index (χ0) is 13.9. The van der Waals surface area contributed by atoms with Gasteiger partial charge >= 0.3 is 0 Å². The third kappa shape index (κ3) is 2.30. The van der Waals surface area contributed by atoms with Gasteiger partial charge in [-0.1, -0.05) is 18.2 Å². The van der Waals surface area contributed by atoms with E-state index in [1.165, 1.54) is 0 Å². The lowest BCUT2D eigenvalue weighted by Crippen LogP contribution is -2.21. The number of rotatable bonds is 4. The van der Waals surface area contributed by atoms with Gasteiger partial charge in [-0.05, 0) is 47.2 Å². The molecule has 0 aliphatic rings. The topological polar surface area (TPSA) is 43.0 Å². The van der Waals surface area contributed by atoms with Crippen LogP contribution in [0.15, 0.2) is 64.0 Å². The van der Waals surface area contributed by atoms with Crippen LogP contribution in [-0.4, -0.2) is 16.8 Å². The summed E-state index contributed by atoms with van der Waals surface area (Å²) in [6.45, 7) is 0. The lowest BCUT2D eigenvalue weighted by Gasteiger charge is -2.17. The fourth-order valence-electron chi connectivity index (χ4n) is 2.29. The van der Waals surface area contributed by atoms with Gasteiger partial charge in [0.15, 0.2) is 4.67 Å². The van der Waals surface area contributed by atoms with Gasteiger partial charge in [0.05, 0.1) is 23.7 Å². The van der Waals surface area contributed by atoms with E-state index in [4.69, 9.17) is 4.42 Å². The van der Waals surface area contributed by atoms with Crippen molar-refractivity contribution in [2.24, 2.45) is 0 Å². The molecule has 0 spiro atoms. The summed E-state index contributed by atoms with van der Waals surface area (Å²) in [5, 5.41) is 7.73. The normalized spacial score (nSPS) is 12.5. The lowest BCUT2D eigenvalue weighted by molar-refractivity contribution is 0.527. The molecule has 0 amide bonds. The van der Waals surface area contributed by atoms with E-state index in [9.17, 15) is 0 Å². The molecule has 2 heterocycles. The van der Waals surface area contributed by atoms with E-state index in [2.05, 4.69) is 26.3 Å². The Morgan fingerprint density at radius 1 is 1.20 bits per heavy atom. The summed E-state index contributed by atoms with van der Waals surface area (Å²) in [6.07, 6.45) is 3.48. The SMILES string of the molecule is CNC(c1ccoc1Br)c1ccnn1-c1ccccc1. The van der Waals surface area contributed by atoms with Crippen molar-refractivity contribution in [1.82, 2.24) is 15.1 Å². The van der Waals surface area contributed by atoms with Crippen LogP contribution in [0, 0.1) is 0 Å². The van der Waals surface area contributed by atoms with Crippen molar-refractivity contribution in [2.45, 2.75) is 6.04 Å². The number of para-hydroxylation sites is 1. The molecule has 0 radical (unpaired) electrons. The van der Waals surface area contributed by atoms with Gasteiger partial charge in [0, 0.05) is 11.8 Å². The number of aromatic nitrogens is 2. The van der Waals surface area contributed by atoms with Crippen molar-refractivity contribution in [2.75, 3.05) is 7.05 Å². The van der Waals surface area contributed by atoms with E-state index >= 15 is 0 Å². The Morgan fingerprint density at radius 3 is 2.65 bits per heavy atom. The fraction of sp³-hybridized carbons (Fsp3) is 0.133. The number of halogens is 1. The second-order valence-corrected chi connectivity index (χ2v) is 5.10. The minimum atomic E-state index is 0.00540. The summed E-state index contributed by atoms with van der Waals surface area (Å²) in [6, 6.07) is 14.0. The Balaban J connectivity index is 2.07. The van der Waals surface area contributed by atoms with Crippen molar-refractivity contribution >= 4 is 15.9 Å². The molecular formula is C15H14BrN3O. The Labute approximate surface area is 125 Å². The zero-order valence-corrected chi connectivity index (χ0v) is 12.5. The third-order valence-electron chi connectivity index (χ3n) is 3.21. The summed E-state index contributed by atoms with van der Waals surface area (Å²) in [5.41, 5.74) is 3.14. The molecule has 2 aromatic heterocycles. The molecule has 1 aromatic carbocycles.